The molecule has 182 valence electrons. The van der Waals surface area contributed by atoms with Crippen LogP contribution in [-0.2, 0) is 6.54 Å². The van der Waals surface area contributed by atoms with Gasteiger partial charge in [-0.15, -0.1) is 0 Å². The largest absolute Gasteiger partial charge is 0.494 e. The summed E-state index contributed by atoms with van der Waals surface area (Å²) in [4.78, 5) is 10.1. The van der Waals surface area contributed by atoms with E-state index in [2.05, 4.69) is 53.4 Å². The van der Waals surface area contributed by atoms with E-state index in [1.54, 1.807) is 0 Å². The number of hydrogen-bond acceptors (Lipinski definition) is 6. The van der Waals surface area contributed by atoms with Gasteiger partial charge in [0.1, 0.15) is 17.1 Å². The quantitative estimate of drug-likeness (QED) is 0.158. The van der Waals surface area contributed by atoms with Gasteiger partial charge in [0.05, 0.1) is 12.4 Å². The molecule has 4 rings (SSSR count). The SMILES string of the molecule is C=C1N=c2[nH]c(-c3cccc(OCCCC(=N)N)c3)cc2=CN1c1ccc(CNCCCN)cc1. The molecule has 8 nitrogen and oxygen atoms in total. The summed E-state index contributed by atoms with van der Waals surface area (Å²) in [5.74, 6) is 1.62. The van der Waals surface area contributed by atoms with E-state index in [9.17, 15) is 0 Å². The monoisotopic (exact) mass is 471 g/mol. The first-order chi connectivity index (χ1) is 17.0. The predicted molar refractivity (Wildman–Crippen MR) is 142 cm³/mol. The highest BCUT2D eigenvalue weighted by Crippen LogP contribution is 2.24. The number of nitrogens with one attached hydrogen (secondary N) is 3. The molecule has 1 aliphatic rings. The highest BCUT2D eigenvalue weighted by atomic mass is 16.5. The number of aromatic nitrogens is 1. The summed E-state index contributed by atoms with van der Waals surface area (Å²) in [6.07, 6.45) is 4.28. The first-order valence-corrected chi connectivity index (χ1v) is 11.9. The van der Waals surface area contributed by atoms with Crippen LogP contribution in [0.3, 0.4) is 0 Å². The molecule has 3 aromatic rings. The Morgan fingerprint density at radius 2 is 1.97 bits per heavy atom. The Hall–Kier alpha value is -3.88. The summed E-state index contributed by atoms with van der Waals surface area (Å²) in [5, 5.41) is 11.7. The maximum Gasteiger partial charge on any atom is 0.141 e. The second kappa shape index (κ2) is 11.5. The minimum Gasteiger partial charge on any atom is -0.494 e. The van der Waals surface area contributed by atoms with Crippen molar-refractivity contribution >= 4 is 17.7 Å². The van der Waals surface area contributed by atoms with Crippen LogP contribution in [0.1, 0.15) is 24.8 Å². The van der Waals surface area contributed by atoms with Crippen molar-refractivity contribution in [1.29, 1.82) is 5.41 Å². The van der Waals surface area contributed by atoms with Gasteiger partial charge in [0.2, 0.25) is 0 Å². The lowest BCUT2D eigenvalue weighted by molar-refractivity contribution is 0.313. The van der Waals surface area contributed by atoms with Crippen LogP contribution in [0.25, 0.3) is 17.5 Å². The van der Waals surface area contributed by atoms with E-state index in [-0.39, 0.29) is 5.84 Å². The summed E-state index contributed by atoms with van der Waals surface area (Å²) in [7, 11) is 0. The zero-order valence-electron chi connectivity index (χ0n) is 19.9. The van der Waals surface area contributed by atoms with Crippen molar-refractivity contribution < 1.29 is 4.74 Å². The number of rotatable bonds is 12. The third kappa shape index (κ3) is 6.38. The molecule has 8 heteroatoms. The maximum atomic E-state index is 7.31. The zero-order valence-corrected chi connectivity index (χ0v) is 19.9. The lowest BCUT2D eigenvalue weighted by Crippen LogP contribution is -2.33. The molecular weight excluding hydrogens is 438 g/mol. The molecule has 0 amide bonds. The Labute approximate surface area is 205 Å². The molecular formula is C27H33N7O. The summed E-state index contributed by atoms with van der Waals surface area (Å²) >= 11 is 0. The van der Waals surface area contributed by atoms with Crippen LogP contribution in [0.4, 0.5) is 5.69 Å². The summed E-state index contributed by atoms with van der Waals surface area (Å²) in [6.45, 7) is 7.11. The molecule has 0 saturated carbocycles. The standard InChI is InChI=1S/C27H33N7O/c1-19-32-27-22(18-34(19)23-10-8-20(9-11-23)17-31-13-4-12-28)16-25(33-27)21-5-2-6-24(15-21)35-14-3-7-26(29)30/h2,5-6,8-11,15-16,18,31H,1,3-4,7,12-14,17,28H2,(H3,29,30)(H,32,33). The Bertz CT molecular complexity index is 1290. The van der Waals surface area contributed by atoms with Gasteiger partial charge in [0.15, 0.2) is 0 Å². The number of ether oxygens (including phenoxy) is 1. The molecule has 1 aliphatic heterocycles. The minimum absolute atomic E-state index is 0.182. The number of nitrogens with zero attached hydrogens (tertiary/aromatic N) is 2. The molecule has 2 aromatic carbocycles. The number of anilines is 1. The van der Waals surface area contributed by atoms with E-state index >= 15 is 0 Å². The Morgan fingerprint density at radius 3 is 2.74 bits per heavy atom. The second-order valence-corrected chi connectivity index (χ2v) is 8.50. The van der Waals surface area contributed by atoms with Gasteiger partial charge < -0.3 is 31.4 Å². The van der Waals surface area contributed by atoms with E-state index in [1.807, 2.05) is 29.2 Å². The zero-order chi connectivity index (χ0) is 24.6. The molecule has 0 aliphatic carbocycles. The van der Waals surface area contributed by atoms with Crippen LogP contribution in [0.5, 0.6) is 5.75 Å². The highest BCUT2D eigenvalue weighted by molar-refractivity contribution is 5.76. The molecule has 0 unspecified atom stereocenters. The number of nitrogens with two attached hydrogens (primary N) is 2. The molecule has 0 atom stereocenters. The van der Waals surface area contributed by atoms with Gasteiger partial charge in [-0.25, -0.2) is 4.99 Å². The fraction of sp³-hybridized carbons (Fsp3) is 0.259. The minimum atomic E-state index is 0.182. The average molecular weight is 472 g/mol. The molecule has 0 saturated heterocycles. The average Bonchev–Trinajstić information content (AvgIpc) is 3.27. The number of H-pyrrole nitrogens is 1. The highest BCUT2D eigenvalue weighted by Gasteiger charge is 2.13. The van der Waals surface area contributed by atoms with Crippen LogP contribution >= 0.6 is 0 Å². The van der Waals surface area contributed by atoms with E-state index in [0.717, 1.165) is 52.9 Å². The summed E-state index contributed by atoms with van der Waals surface area (Å²) in [6, 6.07) is 18.4. The van der Waals surface area contributed by atoms with Crippen molar-refractivity contribution in [1.82, 2.24) is 10.3 Å². The Kier molecular flexibility index (Phi) is 7.97. The number of amidine groups is 1. The van der Waals surface area contributed by atoms with Crippen molar-refractivity contribution in [2.75, 3.05) is 24.6 Å². The second-order valence-electron chi connectivity index (χ2n) is 8.50. The van der Waals surface area contributed by atoms with Crippen LogP contribution in [0.2, 0.25) is 0 Å². The maximum absolute atomic E-state index is 7.31. The molecule has 35 heavy (non-hydrogen) atoms. The van der Waals surface area contributed by atoms with E-state index in [4.69, 9.17) is 26.6 Å². The van der Waals surface area contributed by atoms with Gasteiger partial charge in [0.25, 0.3) is 0 Å². The molecule has 0 spiro atoms. The van der Waals surface area contributed by atoms with Crippen LogP contribution in [0, 0.1) is 5.41 Å². The topological polar surface area (TPSA) is 129 Å². The van der Waals surface area contributed by atoms with Gasteiger partial charge in [-0.2, -0.15) is 0 Å². The van der Waals surface area contributed by atoms with Crippen molar-refractivity contribution in [3.63, 3.8) is 0 Å². The smallest absolute Gasteiger partial charge is 0.141 e. The molecule has 2 heterocycles. The van der Waals surface area contributed by atoms with Gasteiger partial charge >= 0.3 is 0 Å². The fourth-order valence-electron chi connectivity index (χ4n) is 3.87. The molecule has 0 bridgehead atoms. The van der Waals surface area contributed by atoms with E-state index in [1.165, 1.54) is 5.56 Å². The van der Waals surface area contributed by atoms with Crippen LogP contribution < -0.4 is 37.1 Å². The van der Waals surface area contributed by atoms with Crippen molar-refractivity contribution in [2.24, 2.45) is 16.5 Å². The predicted octanol–water partition coefficient (Wildman–Crippen LogP) is 2.56. The first-order valence-electron chi connectivity index (χ1n) is 11.9. The van der Waals surface area contributed by atoms with Crippen LogP contribution in [0.15, 0.2) is 72.0 Å². The van der Waals surface area contributed by atoms with Gasteiger partial charge in [-0.05, 0) is 61.8 Å². The van der Waals surface area contributed by atoms with E-state index < -0.39 is 0 Å². The van der Waals surface area contributed by atoms with E-state index in [0.29, 0.717) is 31.8 Å². The van der Waals surface area contributed by atoms with Crippen molar-refractivity contribution in [3.05, 3.63) is 83.3 Å². The van der Waals surface area contributed by atoms with Gasteiger partial charge in [-0.1, -0.05) is 30.8 Å². The number of aromatic amines is 1. The van der Waals surface area contributed by atoms with Crippen molar-refractivity contribution in [3.8, 4) is 17.0 Å². The third-order valence-electron chi connectivity index (χ3n) is 5.72. The summed E-state index contributed by atoms with van der Waals surface area (Å²) < 4.78 is 5.83. The molecule has 0 radical (unpaired) electrons. The molecule has 1 aromatic heterocycles. The van der Waals surface area contributed by atoms with Crippen molar-refractivity contribution in [2.45, 2.75) is 25.8 Å². The Balaban J connectivity index is 1.48. The van der Waals surface area contributed by atoms with Crippen LogP contribution in [-0.4, -0.2) is 30.5 Å². The molecule has 7 N–H and O–H groups in total. The molecule has 0 fully saturated rings. The number of hydrogen-bond donors (Lipinski definition) is 5. The van der Waals surface area contributed by atoms with Gasteiger partial charge in [-0.3, -0.25) is 5.41 Å². The lowest BCUT2D eigenvalue weighted by Gasteiger charge is -2.21. The number of fused-ring (bicyclic) bond motifs is 1. The number of benzene rings is 2. The first kappa shape index (κ1) is 24.3. The Morgan fingerprint density at radius 1 is 1.14 bits per heavy atom. The summed E-state index contributed by atoms with van der Waals surface area (Å²) in [5.41, 5.74) is 15.9. The fourth-order valence-corrected chi connectivity index (χ4v) is 3.87. The normalized spacial score (nSPS) is 12.6. The third-order valence-corrected chi connectivity index (χ3v) is 5.72. The van der Waals surface area contributed by atoms with Gasteiger partial charge in [0, 0.05) is 41.3 Å². The lowest BCUT2D eigenvalue weighted by atomic mass is 10.1.